The number of carboxylic acids is 1. The summed E-state index contributed by atoms with van der Waals surface area (Å²) >= 11 is 6.46. The zero-order valence-corrected chi connectivity index (χ0v) is 14.4. The van der Waals surface area contributed by atoms with Crippen LogP contribution >= 0.6 is 31.9 Å². The predicted octanol–water partition coefficient (Wildman–Crippen LogP) is 3.71. The third-order valence-electron chi connectivity index (χ3n) is 2.70. The van der Waals surface area contributed by atoms with E-state index in [0.717, 1.165) is 5.56 Å². The van der Waals surface area contributed by atoms with Crippen molar-refractivity contribution in [1.29, 1.82) is 0 Å². The van der Waals surface area contributed by atoms with Crippen molar-refractivity contribution in [2.75, 3.05) is 0 Å². The number of benzene rings is 1. The van der Waals surface area contributed by atoms with Crippen LogP contribution in [0.25, 0.3) is 0 Å². The molecule has 105 valence electrons. The van der Waals surface area contributed by atoms with E-state index in [9.17, 15) is 9.90 Å². The molecule has 7 heteroatoms. The average Bonchev–Trinajstić information content (AvgIpc) is 2.64. The Bertz CT molecular complexity index is 587. The van der Waals surface area contributed by atoms with Crippen LogP contribution in [0.4, 0.5) is 0 Å². The maximum absolute atomic E-state index is 11.3. The van der Waals surface area contributed by atoms with Gasteiger partial charge < -0.3 is 9.67 Å². The Morgan fingerprint density at radius 2 is 1.89 bits per heavy atom. The van der Waals surface area contributed by atoms with E-state index in [1.807, 2.05) is 37.3 Å². The van der Waals surface area contributed by atoms with E-state index in [1.165, 1.54) is 0 Å². The molecule has 0 bridgehead atoms. The molecule has 2 rings (SSSR count). The first kappa shape index (κ1) is 16.7. The standard InChI is InChI=1S/C12H10Br2N2O2.Ag/c1-7(8-5-3-2-4-6-8)16-9(11(17)18)10(13)15-12(16)14;/h2-7H,1H3,(H,17,18);. The number of aromatic nitrogens is 2. The molecule has 0 saturated heterocycles. The van der Waals surface area contributed by atoms with Crippen LogP contribution in [-0.2, 0) is 22.4 Å². The summed E-state index contributed by atoms with van der Waals surface area (Å²) in [7, 11) is 0. The maximum atomic E-state index is 11.3. The van der Waals surface area contributed by atoms with E-state index in [-0.39, 0.29) is 34.1 Å². The van der Waals surface area contributed by atoms with E-state index >= 15 is 0 Å². The van der Waals surface area contributed by atoms with Crippen LogP contribution in [0.15, 0.2) is 39.7 Å². The molecule has 0 aliphatic carbocycles. The van der Waals surface area contributed by atoms with Gasteiger partial charge in [0.05, 0.1) is 6.04 Å². The van der Waals surface area contributed by atoms with Gasteiger partial charge in [-0.05, 0) is 44.3 Å². The summed E-state index contributed by atoms with van der Waals surface area (Å²) in [6.45, 7) is 1.93. The van der Waals surface area contributed by atoms with Crippen molar-refractivity contribution in [2.45, 2.75) is 13.0 Å². The van der Waals surface area contributed by atoms with Gasteiger partial charge in [0.2, 0.25) is 0 Å². The maximum Gasteiger partial charge on any atom is 0.355 e. The van der Waals surface area contributed by atoms with Crippen molar-refractivity contribution in [3.63, 3.8) is 0 Å². The Morgan fingerprint density at radius 1 is 1.32 bits per heavy atom. The molecular formula is C12H10AgBr2N2O2. The Balaban J connectivity index is 0.00000180. The zero-order valence-electron chi connectivity index (χ0n) is 9.77. The molecule has 1 atom stereocenters. The normalized spacial score (nSPS) is 11.7. The predicted molar refractivity (Wildman–Crippen MR) is 74.8 cm³/mol. The molecule has 0 aliphatic heterocycles. The molecule has 1 aromatic carbocycles. The van der Waals surface area contributed by atoms with Gasteiger partial charge in [0.1, 0.15) is 4.60 Å². The van der Waals surface area contributed by atoms with Gasteiger partial charge >= 0.3 is 5.97 Å². The molecule has 1 radical (unpaired) electrons. The summed E-state index contributed by atoms with van der Waals surface area (Å²) in [6.07, 6.45) is 0. The van der Waals surface area contributed by atoms with Gasteiger partial charge in [-0.3, -0.25) is 0 Å². The molecule has 0 amide bonds. The summed E-state index contributed by atoms with van der Waals surface area (Å²) < 4.78 is 2.45. The molecule has 1 aromatic heterocycles. The van der Waals surface area contributed by atoms with Crippen molar-refractivity contribution in [3.8, 4) is 0 Å². The largest absolute Gasteiger partial charge is 0.476 e. The second-order valence-electron chi connectivity index (χ2n) is 3.78. The number of rotatable bonds is 3. The Hall–Kier alpha value is -0.400. The molecule has 0 spiro atoms. The third-order valence-corrected chi connectivity index (χ3v) is 3.81. The van der Waals surface area contributed by atoms with E-state index < -0.39 is 5.97 Å². The fourth-order valence-corrected chi connectivity index (χ4v) is 3.23. The van der Waals surface area contributed by atoms with Gasteiger partial charge in [-0.2, -0.15) is 0 Å². The van der Waals surface area contributed by atoms with E-state index in [1.54, 1.807) is 4.57 Å². The van der Waals surface area contributed by atoms with Gasteiger partial charge in [0, 0.05) is 22.4 Å². The molecule has 1 N–H and O–H groups in total. The monoisotopic (exact) mass is 479 g/mol. The summed E-state index contributed by atoms with van der Waals surface area (Å²) in [5, 5.41) is 9.24. The Kier molecular flexibility index (Phi) is 6.01. The summed E-state index contributed by atoms with van der Waals surface area (Å²) in [5.74, 6) is -1.01. The minimum absolute atomic E-state index is 0. The minimum Gasteiger partial charge on any atom is -0.476 e. The first-order chi connectivity index (χ1) is 8.52. The third kappa shape index (κ3) is 3.38. The van der Waals surface area contributed by atoms with E-state index in [2.05, 4.69) is 36.8 Å². The van der Waals surface area contributed by atoms with Crippen LogP contribution in [0.1, 0.15) is 29.0 Å². The number of nitrogens with zero attached hydrogens (tertiary/aromatic N) is 2. The zero-order chi connectivity index (χ0) is 13.3. The molecular weight excluding hydrogens is 472 g/mol. The molecule has 2 aromatic rings. The summed E-state index contributed by atoms with van der Waals surface area (Å²) in [5.41, 5.74) is 1.16. The second-order valence-corrected chi connectivity index (χ2v) is 5.24. The fraction of sp³-hybridized carbons (Fsp3) is 0.167. The SMILES string of the molecule is CC(c1ccccc1)n1c(Br)nc(Br)c1C(=O)O.[Ag]. The van der Waals surface area contributed by atoms with Gasteiger partial charge in [0.15, 0.2) is 10.4 Å². The van der Waals surface area contributed by atoms with Crippen LogP contribution in [0, 0.1) is 0 Å². The molecule has 4 nitrogen and oxygen atoms in total. The number of halogens is 2. The van der Waals surface area contributed by atoms with Crippen molar-refractivity contribution in [1.82, 2.24) is 9.55 Å². The fourth-order valence-electron chi connectivity index (χ4n) is 1.80. The van der Waals surface area contributed by atoms with Crippen LogP contribution in [-0.4, -0.2) is 20.6 Å². The molecule has 0 fully saturated rings. The van der Waals surface area contributed by atoms with Crippen LogP contribution in [0.3, 0.4) is 0 Å². The van der Waals surface area contributed by atoms with Gasteiger partial charge in [-0.15, -0.1) is 0 Å². The van der Waals surface area contributed by atoms with Crippen LogP contribution in [0.2, 0.25) is 0 Å². The van der Waals surface area contributed by atoms with E-state index in [4.69, 9.17) is 0 Å². The second kappa shape index (κ2) is 6.85. The van der Waals surface area contributed by atoms with Crippen molar-refractivity contribution in [2.24, 2.45) is 0 Å². The number of imidazole rings is 1. The first-order valence-corrected chi connectivity index (χ1v) is 6.82. The molecule has 0 aliphatic rings. The summed E-state index contributed by atoms with van der Waals surface area (Å²) in [4.78, 5) is 15.4. The molecule has 1 unspecified atom stereocenters. The summed E-state index contributed by atoms with van der Waals surface area (Å²) in [6, 6.07) is 9.56. The average molecular weight is 482 g/mol. The number of carboxylic acid groups (broad SMARTS) is 1. The molecule has 19 heavy (non-hydrogen) atoms. The number of aromatic carboxylic acids is 1. The van der Waals surface area contributed by atoms with Crippen LogP contribution in [0.5, 0.6) is 0 Å². The van der Waals surface area contributed by atoms with Crippen molar-refractivity contribution >= 4 is 37.8 Å². The topological polar surface area (TPSA) is 55.1 Å². The van der Waals surface area contributed by atoms with Crippen molar-refractivity contribution in [3.05, 3.63) is 50.9 Å². The van der Waals surface area contributed by atoms with Gasteiger partial charge in [-0.1, -0.05) is 30.3 Å². The number of carbonyl (C=O) groups is 1. The quantitative estimate of drug-likeness (QED) is 0.680. The number of hydrogen-bond donors (Lipinski definition) is 1. The van der Waals surface area contributed by atoms with Crippen molar-refractivity contribution < 1.29 is 32.3 Å². The van der Waals surface area contributed by atoms with Crippen LogP contribution < -0.4 is 0 Å². The van der Waals surface area contributed by atoms with E-state index in [0.29, 0.717) is 9.34 Å². The van der Waals surface area contributed by atoms with Gasteiger partial charge in [0.25, 0.3) is 0 Å². The Morgan fingerprint density at radius 3 is 2.42 bits per heavy atom. The molecule has 0 saturated carbocycles. The smallest absolute Gasteiger partial charge is 0.355 e. The minimum atomic E-state index is -1.01. The number of hydrogen-bond acceptors (Lipinski definition) is 2. The first-order valence-electron chi connectivity index (χ1n) is 5.24. The van der Waals surface area contributed by atoms with Gasteiger partial charge in [-0.25, -0.2) is 9.78 Å². The Labute approximate surface area is 143 Å². The molecule has 1 heterocycles.